The number of benzene rings is 2. The summed E-state index contributed by atoms with van der Waals surface area (Å²) < 4.78 is 1.21. The Morgan fingerprint density at radius 3 is 2.46 bits per heavy atom. The number of amides is 2. The molecule has 2 aromatic carbocycles. The molecule has 2 heterocycles. The van der Waals surface area contributed by atoms with Crippen molar-refractivity contribution in [3.05, 3.63) is 65.0 Å². The van der Waals surface area contributed by atoms with Gasteiger partial charge in [-0.2, -0.15) is 5.10 Å². The van der Waals surface area contributed by atoms with Crippen molar-refractivity contribution in [1.29, 1.82) is 0 Å². The number of hydrogen-bond acceptors (Lipinski definition) is 4. The first kappa shape index (κ1) is 17.9. The van der Waals surface area contributed by atoms with Gasteiger partial charge in [0.2, 0.25) is 12.3 Å². The second-order valence-electron chi connectivity index (χ2n) is 6.80. The van der Waals surface area contributed by atoms with E-state index in [2.05, 4.69) is 5.10 Å². The Bertz CT molecular complexity index is 1080. The van der Waals surface area contributed by atoms with Crippen LogP contribution in [0.2, 0.25) is 0 Å². The number of rotatable bonds is 4. The van der Waals surface area contributed by atoms with Crippen molar-refractivity contribution in [2.24, 2.45) is 0 Å². The van der Waals surface area contributed by atoms with Gasteiger partial charge in [-0.25, -0.2) is 4.68 Å². The molecule has 0 spiro atoms. The van der Waals surface area contributed by atoms with Crippen LogP contribution in [0.25, 0.3) is 22.0 Å². The number of piperazine rings is 1. The van der Waals surface area contributed by atoms with Crippen LogP contribution in [-0.4, -0.2) is 58.1 Å². The first-order valence-electron chi connectivity index (χ1n) is 9.18. The third-order valence-corrected chi connectivity index (χ3v) is 5.01. The predicted octanol–water partition coefficient (Wildman–Crippen LogP) is 1.36. The zero-order valence-electron chi connectivity index (χ0n) is 15.3. The molecular weight excluding hydrogens is 356 g/mol. The minimum absolute atomic E-state index is 0.110. The third kappa shape index (κ3) is 3.64. The molecule has 2 amide bonds. The average molecular weight is 376 g/mol. The summed E-state index contributed by atoms with van der Waals surface area (Å²) in [6.07, 6.45) is 0.793. The molecule has 1 aliphatic rings. The quantitative estimate of drug-likeness (QED) is 0.645. The van der Waals surface area contributed by atoms with E-state index in [-0.39, 0.29) is 18.0 Å². The smallest absolute Gasteiger partial charge is 0.267 e. The molecule has 0 N–H and O–H groups in total. The summed E-state index contributed by atoms with van der Waals surface area (Å²) in [5.41, 5.74) is 1.22. The standard InChI is InChI=1S/C21H20N4O3/c26-15-23-9-11-24(12-10-23)21(28)14-25-20(27)8-7-19(22-25)18-6-5-16-3-1-2-4-17(16)13-18/h1-8,13,15H,9-12,14H2. The second-order valence-corrected chi connectivity index (χ2v) is 6.80. The van der Waals surface area contributed by atoms with Gasteiger partial charge < -0.3 is 9.80 Å². The van der Waals surface area contributed by atoms with Gasteiger partial charge in [0.05, 0.1) is 5.69 Å². The second kappa shape index (κ2) is 7.64. The van der Waals surface area contributed by atoms with E-state index in [1.807, 2.05) is 42.5 Å². The van der Waals surface area contributed by atoms with Crippen LogP contribution >= 0.6 is 0 Å². The van der Waals surface area contributed by atoms with Crippen molar-refractivity contribution in [2.45, 2.75) is 6.54 Å². The summed E-state index contributed by atoms with van der Waals surface area (Å²) in [6.45, 7) is 1.85. The maximum Gasteiger partial charge on any atom is 0.267 e. The molecule has 142 valence electrons. The normalized spacial score (nSPS) is 14.3. The molecule has 7 heteroatoms. The Morgan fingerprint density at radius 2 is 1.71 bits per heavy atom. The van der Waals surface area contributed by atoms with Gasteiger partial charge in [0.1, 0.15) is 6.54 Å². The van der Waals surface area contributed by atoms with E-state index in [9.17, 15) is 14.4 Å². The molecule has 0 aliphatic carbocycles. The summed E-state index contributed by atoms with van der Waals surface area (Å²) in [7, 11) is 0. The van der Waals surface area contributed by atoms with E-state index in [1.165, 1.54) is 10.7 Å². The first-order chi connectivity index (χ1) is 13.6. The fraction of sp³-hybridized carbons (Fsp3) is 0.238. The molecule has 0 unspecified atom stereocenters. The lowest BCUT2D eigenvalue weighted by atomic mass is 10.1. The summed E-state index contributed by atoms with van der Waals surface area (Å²) in [6, 6.07) is 17.1. The molecule has 1 fully saturated rings. The van der Waals surface area contributed by atoms with Crippen LogP contribution in [-0.2, 0) is 16.1 Å². The van der Waals surface area contributed by atoms with Crippen molar-refractivity contribution in [2.75, 3.05) is 26.2 Å². The monoisotopic (exact) mass is 376 g/mol. The van der Waals surface area contributed by atoms with Crippen molar-refractivity contribution in [3.63, 3.8) is 0 Å². The molecule has 1 saturated heterocycles. The van der Waals surface area contributed by atoms with E-state index in [1.54, 1.807) is 15.9 Å². The molecule has 0 saturated carbocycles. The molecule has 0 radical (unpaired) electrons. The van der Waals surface area contributed by atoms with Crippen LogP contribution in [0.3, 0.4) is 0 Å². The molecule has 1 aliphatic heterocycles. The highest BCUT2D eigenvalue weighted by Crippen LogP contribution is 2.22. The topological polar surface area (TPSA) is 75.5 Å². The Balaban J connectivity index is 1.56. The molecule has 4 rings (SSSR count). The SMILES string of the molecule is O=CN1CCN(C(=O)Cn2nc(-c3ccc4ccccc4c3)ccc2=O)CC1. The molecule has 0 atom stereocenters. The summed E-state index contributed by atoms with van der Waals surface area (Å²) >= 11 is 0. The third-order valence-electron chi connectivity index (χ3n) is 5.01. The zero-order valence-corrected chi connectivity index (χ0v) is 15.3. The zero-order chi connectivity index (χ0) is 19.5. The van der Waals surface area contributed by atoms with E-state index < -0.39 is 0 Å². The molecule has 0 bridgehead atoms. The van der Waals surface area contributed by atoms with E-state index in [4.69, 9.17) is 0 Å². The number of aromatic nitrogens is 2. The Morgan fingerprint density at radius 1 is 0.964 bits per heavy atom. The fourth-order valence-corrected chi connectivity index (χ4v) is 3.37. The number of carbonyl (C=O) groups excluding carboxylic acids is 2. The maximum atomic E-state index is 12.6. The fourth-order valence-electron chi connectivity index (χ4n) is 3.37. The van der Waals surface area contributed by atoms with Gasteiger partial charge in [0.25, 0.3) is 5.56 Å². The minimum atomic E-state index is -0.315. The largest absolute Gasteiger partial charge is 0.342 e. The van der Waals surface area contributed by atoms with Gasteiger partial charge in [-0.15, -0.1) is 0 Å². The Kier molecular flexibility index (Phi) is 4.89. The van der Waals surface area contributed by atoms with E-state index in [0.717, 1.165) is 22.7 Å². The maximum absolute atomic E-state index is 12.6. The first-order valence-corrected chi connectivity index (χ1v) is 9.18. The highest BCUT2D eigenvalue weighted by molar-refractivity contribution is 5.86. The lowest BCUT2D eigenvalue weighted by molar-refractivity contribution is -0.135. The lowest BCUT2D eigenvalue weighted by Gasteiger charge is -2.32. The average Bonchev–Trinajstić information content (AvgIpc) is 2.75. The van der Waals surface area contributed by atoms with Crippen LogP contribution in [0.4, 0.5) is 0 Å². The highest BCUT2D eigenvalue weighted by atomic mass is 16.2. The molecule has 28 heavy (non-hydrogen) atoms. The van der Waals surface area contributed by atoms with Crippen LogP contribution < -0.4 is 5.56 Å². The number of hydrogen-bond donors (Lipinski definition) is 0. The molecular formula is C21H20N4O3. The van der Waals surface area contributed by atoms with Crippen molar-refractivity contribution in [1.82, 2.24) is 19.6 Å². The van der Waals surface area contributed by atoms with Gasteiger partial charge in [-0.1, -0.05) is 36.4 Å². The number of carbonyl (C=O) groups is 2. The predicted molar refractivity (Wildman–Crippen MR) is 106 cm³/mol. The van der Waals surface area contributed by atoms with Gasteiger partial charge in [0.15, 0.2) is 0 Å². The van der Waals surface area contributed by atoms with Gasteiger partial charge in [-0.3, -0.25) is 14.4 Å². The van der Waals surface area contributed by atoms with Gasteiger partial charge in [0, 0.05) is 37.8 Å². The van der Waals surface area contributed by atoms with Crippen LogP contribution in [0.1, 0.15) is 0 Å². The van der Waals surface area contributed by atoms with Crippen LogP contribution in [0, 0.1) is 0 Å². The Labute approximate surface area is 161 Å². The van der Waals surface area contributed by atoms with Crippen molar-refractivity contribution >= 4 is 23.1 Å². The molecule has 7 nitrogen and oxygen atoms in total. The highest BCUT2D eigenvalue weighted by Gasteiger charge is 2.21. The van der Waals surface area contributed by atoms with Crippen LogP contribution in [0.15, 0.2) is 59.4 Å². The summed E-state index contributed by atoms with van der Waals surface area (Å²) in [5.74, 6) is -0.171. The number of fused-ring (bicyclic) bond motifs is 1. The summed E-state index contributed by atoms with van der Waals surface area (Å²) in [4.78, 5) is 38.9. The minimum Gasteiger partial charge on any atom is -0.342 e. The molecule has 3 aromatic rings. The van der Waals surface area contributed by atoms with Gasteiger partial charge >= 0.3 is 0 Å². The van der Waals surface area contributed by atoms with E-state index >= 15 is 0 Å². The lowest BCUT2D eigenvalue weighted by Crippen LogP contribution is -2.49. The van der Waals surface area contributed by atoms with Crippen LogP contribution in [0.5, 0.6) is 0 Å². The molecule has 1 aromatic heterocycles. The number of nitrogens with zero attached hydrogens (tertiary/aromatic N) is 4. The van der Waals surface area contributed by atoms with Gasteiger partial charge in [-0.05, 0) is 22.9 Å². The summed E-state index contributed by atoms with van der Waals surface area (Å²) in [5, 5.41) is 6.62. The van der Waals surface area contributed by atoms with Crippen molar-refractivity contribution in [3.8, 4) is 11.3 Å². The van der Waals surface area contributed by atoms with E-state index in [0.29, 0.717) is 31.9 Å². The Hall–Kier alpha value is -3.48. The van der Waals surface area contributed by atoms with Crippen molar-refractivity contribution < 1.29 is 9.59 Å².